The van der Waals surface area contributed by atoms with Crippen molar-refractivity contribution < 1.29 is 9.53 Å². The zero-order valence-electron chi connectivity index (χ0n) is 10.6. The van der Waals surface area contributed by atoms with E-state index in [1.807, 2.05) is 34.6 Å². The molecule has 0 amide bonds. The lowest BCUT2D eigenvalue weighted by atomic mass is 9.97. The normalized spacial score (nSPS) is 26.3. The Labute approximate surface area is 108 Å². The molecular formula is C12H20Cl2O2. The molecule has 0 bridgehead atoms. The highest BCUT2D eigenvalue weighted by Gasteiger charge is 2.77. The van der Waals surface area contributed by atoms with Crippen LogP contribution in [0.25, 0.3) is 0 Å². The molecule has 0 N–H and O–H groups in total. The van der Waals surface area contributed by atoms with Gasteiger partial charge in [0.15, 0.2) is 0 Å². The fourth-order valence-corrected chi connectivity index (χ4v) is 3.61. The summed E-state index contributed by atoms with van der Waals surface area (Å²) in [6, 6.07) is 0. The summed E-state index contributed by atoms with van der Waals surface area (Å²) in [6.07, 6.45) is 1.58. The first-order valence-corrected chi connectivity index (χ1v) is 6.48. The SMILES string of the molecule is CCC1(CC)C(C(=O)OC(C)(C)C)C1(Cl)Cl. The molecule has 0 saturated heterocycles. The topological polar surface area (TPSA) is 26.3 Å². The number of halogens is 2. The first-order chi connectivity index (χ1) is 7.12. The number of carbonyl (C=O) groups is 1. The highest BCUT2D eigenvalue weighted by atomic mass is 35.5. The van der Waals surface area contributed by atoms with Gasteiger partial charge in [-0.1, -0.05) is 13.8 Å². The summed E-state index contributed by atoms with van der Waals surface area (Å²) >= 11 is 12.4. The number of alkyl halides is 2. The van der Waals surface area contributed by atoms with Gasteiger partial charge in [-0.25, -0.2) is 0 Å². The first kappa shape index (κ1) is 14.1. The van der Waals surface area contributed by atoms with Gasteiger partial charge in [0.1, 0.15) is 9.93 Å². The molecule has 1 unspecified atom stereocenters. The lowest BCUT2D eigenvalue weighted by molar-refractivity contribution is -0.157. The van der Waals surface area contributed by atoms with Crippen molar-refractivity contribution >= 4 is 29.2 Å². The Kier molecular flexibility index (Phi) is 3.58. The van der Waals surface area contributed by atoms with Crippen molar-refractivity contribution in [3.05, 3.63) is 0 Å². The molecule has 0 spiro atoms. The molecule has 0 radical (unpaired) electrons. The minimum atomic E-state index is -0.959. The number of hydrogen-bond acceptors (Lipinski definition) is 2. The van der Waals surface area contributed by atoms with Gasteiger partial charge in [-0.15, -0.1) is 23.2 Å². The van der Waals surface area contributed by atoms with E-state index in [-0.39, 0.29) is 11.4 Å². The average molecular weight is 267 g/mol. The van der Waals surface area contributed by atoms with Gasteiger partial charge in [-0.05, 0) is 33.6 Å². The molecule has 1 aliphatic rings. The van der Waals surface area contributed by atoms with E-state index < -0.39 is 15.9 Å². The second-order valence-electron chi connectivity index (χ2n) is 5.45. The summed E-state index contributed by atoms with van der Waals surface area (Å²) in [7, 11) is 0. The van der Waals surface area contributed by atoms with E-state index in [1.54, 1.807) is 0 Å². The second-order valence-corrected chi connectivity index (χ2v) is 6.84. The zero-order valence-corrected chi connectivity index (χ0v) is 12.1. The third-order valence-corrected chi connectivity index (χ3v) is 4.59. The van der Waals surface area contributed by atoms with Crippen LogP contribution >= 0.6 is 23.2 Å². The largest absolute Gasteiger partial charge is 0.460 e. The number of carbonyl (C=O) groups excluding carboxylic acids is 1. The van der Waals surface area contributed by atoms with Gasteiger partial charge in [0.25, 0.3) is 0 Å². The Hall–Kier alpha value is 0.0500. The Balaban J connectivity index is 2.81. The van der Waals surface area contributed by atoms with Gasteiger partial charge in [-0.3, -0.25) is 4.79 Å². The maximum absolute atomic E-state index is 12.0. The molecule has 4 heteroatoms. The third-order valence-electron chi connectivity index (χ3n) is 3.40. The molecular weight excluding hydrogens is 247 g/mol. The molecule has 0 aromatic rings. The standard InChI is InChI=1S/C12H20Cl2O2/c1-6-11(7-2)8(12(11,13)14)9(15)16-10(3,4)5/h8H,6-7H2,1-5H3. The van der Waals surface area contributed by atoms with Crippen LogP contribution in [-0.2, 0) is 9.53 Å². The van der Waals surface area contributed by atoms with Crippen LogP contribution < -0.4 is 0 Å². The van der Waals surface area contributed by atoms with Crippen LogP contribution in [-0.4, -0.2) is 15.9 Å². The minimum Gasteiger partial charge on any atom is -0.460 e. The second kappa shape index (κ2) is 4.06. The highest BCUT2D eigenvalue weighted by Crippen LogP contribution is 2.72. The van der Waals surface area contributed by atoms with Crippen LogP contribution in [0.1, 0.15) is 47.5 Å². The zero-order chi connectivity index (χ0) is 12.8. The maximum Gasteiger partial charge on any atom is 0.313 e. The van der Waals surface area contributed by atoms with Gasteiger partial charge < -0.3 is 4.74 Å². The van der Waals surface area contributed by atoms with Crippen LogP contribution in [0, 0.1) is 11.3 Å². The summed E-state index contributed by atoms with van der Waals surface area (Å²) in [5.74, 6) is -0.668. The Morgan fingerprint density at radius 3 is 1.94 bits per heavy atom. The number of esters is 1. The van der Waals surface area contributed by atoms with E-state index in [0.717, 1.165) is 12.8 Å². The van der Waals surface area contributed by atoms with E-state index in [0.29, 0.717) is 0 Å². The summed E-state index contributed by atoms with van der Waals surface area (Å²) in [5, 5.41) is 0. The van der Waals surface area contributed by atoms with Crippen molar-refractivity contribution in [1.82, 2.24) is 0 Å². The quantitative estimate of drug-likeness (QED) is 0.572. The smallest absolute Gasteiger partial charge is 0.313 e. The van der Waals surface area contributed by atoms with Gasteiger partial charge in [0.05, 0.1) is 5.92 Å². The van der Waals surface area contributed by atoms with Crippen molar-refractivity contribution in [3.63, 3.8) is 0 Å². The fraction of sp³-hybridized carbons (Fsp3) is 0.917. The molecule has 1 fully saturated rings. The van der Waals surface area contributed by atoms with Crippen LogP contribution in [0.3, 0.4) is 0 Å². The van der Waals surface area contributed by atoms with E-state index in [1.165, 1.54) is 0 Å². The molecule has 94 valence electrons. The molecule has 0 aromatic carbocycles. The van der Waals surface area contributed by atoms with Gasteiger partial charge >= 0.3 is 5.97 Å². The van der Waals surface area contributed by atoms with E-state index >= 15 is 0 Å². The van der Waals surface area contributed by atoms with E-state index in [4.69, 9.17) is 27.9 Å². The molecule has 1 aliphatic carbocycles. The molecule has 1 rings (SSSR count). The van der Waals surface area contributed by atoms with Gasteiger partial charge in [-0.2, -0.15) is 0 Å². The first-order valence-electron chi connectivity index (χ1n) is 5.73. The molecule has 16 heavy (non-hydrogen) atoms. The predicted octanol–water partition coefficient (Wildman–Crippen LogP) is 3.94. The molecule has 0 aliphatic heterocycles. The molecule has 0 aromatic heterocycles. The molecule has 2 nitrogen and oxygen atoms in total. The van der Waals surface area contributed by atoms with E-state index in [2.05, 4.69) is 0 Å². The Bertz CT molecular complexity index is 288. The minimum absolute atomic E-state index is 0.277. The summed E-state index contributed by atoms with van der Waals surface area (Å²) in [6.45, 7) is 9.55. The number of hydrogen-bond donors (Lipinski definition) is 0. The van der Waals surface area contributed by atoms with Gasteiger partial charge in [0.2, 0.25) is 0 Å². The third kappa shape index (κ3) is 2.06. The number of ether oxygens (including phenoxy) is 1. The van der Waals surface area contributed by atoms with Crippen molar-refractivity contribution in [2.24, 2.45) is 11.3 Å². The molecule has 1 atom stereocenters. The monoisotopic (exact) mass is 266 g/mol. The fourth-order valence-electron chi connectivity index (χ4n) is 2.37. The molecule has 1 saturated carbocycles. The lowest BCUT2D eigenvalue weighted by Crippen LogP contribution is -2.26. The summed E-state index contributed by atoms with van der Waals surface area (Å²) in [5.41, 5.74) is -0.796. The predicted molar refractivity (Wildman–Crippen MR) is 66.8 cm³/mol. The number of rotatable bonds is 3. The van der Waals surface area contributed by atoms with Crippen molar-refractivity contribution in [2.75, 3.05) is 0 Å². The van der Waals surface area contributed by atoms with E-state index in [9.17, 15) is 4.79 Å². The van der Waals surface area contributed by atoms with Crippen LogP contribution in [0.15, 0.2) is 0 Å². The van der Waals surface area contributed by atoms with Crippen LogP contribution in [0.5, 0.6) is 0 Å². The maximum atomic E-state index is 12.0. The average Bonchev–Trinajstić information content (AvgIpc) is 2.59. The summed E-state index contributed by atoms with van der Waals surface area (Å²) in [4.78, 5) is 12.0. The lowest BCUT2D eigenvalue weighted by Gasteiger charge is -2.20. The summed E-state index contributed by atoms with van der Waals surface area (Å²) < 4.78 is 4.39. The van der Waals surface area contributed by atoms with Crippen LogP contribution in [0.4, 0.5) is 0 Å². The Morgan fingerprint density at radius 2 is 1.69 bits per heavy atom. The van der Waals surface area contributed by atoms with Crippen molar-refractivity contribution in [2.45, 2.75) is 57.4 Å². The van der Waals surface area contributed by atoms with Crippen LogP contribution in [0.2, 0.25) is 0 Å². The Morgan fingerprint density at radius 1 is 1.25 bits per heavy atom. The van der Waals surface area contributed by atoms with Crippen molar-refractivity contribution in [1.29, 1.82) is 0 Å². The molecule has 0 heterocycles. The highest BCUT2D eigenvalue weighted by molar-refractivity contribution is 6.53. The van der Waals surface area contributed by atoms with Gasteiger partial charge in [0, 0.05) is 5.41 Å². The van der Waals surface area contributed by atoms with Crippen molar-refractivity contribution in [3.8, 4) is 0 Å².